The number of aryl methyl sites for hydroxylation is 1. The standard InChI is InChI=1S/C13H21N3OS/c1-9-8-12(17)16-13(15-9)18-7-6-10-4-3-5-11(10)14-2/h8,10-11,14H,3-7H2,1-2H3,(H,15,16,17). The Morgan fingerprint density at radius 3 is 3.11 bits per heavy atom. The summed E-state index contributed by atoms with van der Waals surface area (Å²) >= 11 is 1.65. The predicted octanol–water partition coefficient (Wildman–Crippen LogP) is 1.95. The van der Waals surface area contributed by atoms with Crippen LogP contribution in [0.2, 0.25) is 0 Å². The van der Waals surface area contributed by atoms with Crippen molar-refractivity contribution in [1.29, 1.82) is 0 Å². The topological polar surface area (TPSA) is 57.8 Å². The Morgan fingerprint density at radius 2 is 2.39 bits per heavy atom. The first-order valence-corrected chi connectivity index (χ1v) is 7.55. The molecule has 1 heterocycles. The first kappa shape index (κ1) is 13.6. The van der Waals surface area contributed by atoms with Crippen molar-refractivity contribution in [1.82, 2.24) is 15.3 Å². The molecule has 0 saturated heterocycles. The number of hydrogen-bond donors (Lipinski definition) is 2. The summed E-state index contributed by atoms with van der Waals surface area (Å²) in [4.78, 5) is 18.4. The first-order chi connectivity index (χ1) is 8.69. The molecule has 0 spiro atoms. The van der Waals surface area contributed by atoms with Crippen molar-refractivity contribution in [2.75, 3.05) is 12.8 Å². The molecule has 1 aliphatic rings. The van der Waals surface area contributed by atoms with Crippen molar-refractivity contribution in [3.8, 4) is 0 Å². The molecule has 0 aliphatic heterocycles. The number of hydrogen-bond acceptors (Lipinski definition) is 4. The van der Waals surface area contributed by atoms with Gasteiger partial charge in [0.25, 0.3) is 5.56 Å². The van der Waals surface area contributed by atoms with Crippen LogP contribution in [0.3, 0.4) is 0 Å². The molecular weight excluding hydrogens is 246 g/mol. The summed E-state index contributed by atoms with van der Waals surface area (Å²) in [5.74, 6) is 1.80. The Morgan fingerprint density at radius 1 is 1.56 bits per heavy atom. The van der Waals surface area contributed by atoms with Gasteiger partial charge in [0.05, 0.1) is 0 Å². The van der Waals surface area contributed by atoms with Gasteiger partial charge in [0.2, 0.25) is 0 Å². The fraction of sp³-hybridized carbons (Fsp3) is 0.692. The van der Waals surface area contributed by atoms with Crippen molar-refractivity contribution in [3.05, 3.63) is 22.1 Å². The van der Waals surface area contributed by atoms with Gasteiger partial charge in [0, 0.05) is 23.6 Å². The zero-order chi connectivity index (χ0) is 13.0. The van der Waals surface area contributed by atoms with Gasteiger partial charge in [-0.2, -0.15) is 0 Å². The van der Waals surface area contributed by atoms with Crippen LogP contribution in [0.1, 0.15) is 31.4 Å². The fourth-order valence-corrected chi connectivity index (χ4v) is 3.68. The molecule has 0 aromatic carbocycles. The molecule has 1 fully saturated rings. The van der Waals surface area contributed by atoms with Gasteiger partial charge < -0.3 is 10.3 Å². The van der Waals surface area contributed by atoms with Crippen LogP contribution in [-0.2, 0) is 0 Å². The van der Waals surface area contributed by atoms with Crippen molar-refractivity contribution >= 4 is 11.8 Å². The summed E-state index contributed by atoms with van der Waals surface area (Å²) in [5.41, 5.74) is 0.731. The van der Waals surface area contributed by atoms with Crippen LogP contribution in [0.5, 0.6) is 0 Å². The third-order valence-corrected chi connectivity index (χ3v) is 4.51. The maximum atomic E-state index is 11.3. The van der Waals surface area contributed by atoms with E-state index in [2.05, 4.69) is 22.3 Å². The minimum Gasteiger partial charge on any atom is -0.317 e. The highest BCUT2D eigenvalue weighted by Crippen LogP contribution is 2.29. The molecule has 1 aromatic heterocycles. The molecule has 2 rings (SSSR count). The minimum absolute atomic E-state index is 0.0565. The molecule has 18 heavy (non-hydrogen) atoms. The van der Waals surface area contributed by atoms with E-state index in [1.165, 1.54) is 31.7 Å². The van der Waals surface area contributed by atoms with E-state index in [-0.39, 0.29) is 5.56 Å². The molecule has 2 unspecified atom stereocenters. The van der Waals surface area contributed by atoms with E-state index in [9.17, 15) is 4.79 Å². The number of nitrogens with one attached hydrogen (secondary N) is 2. The van der Waals surface area contributed by atoms with Crippen LogP contribution in [0, 0.1) is 12.8 Å². The second-order valence-corrected chi connectivity index (χ2v) is 6.00. The van der Waals surface area contributed by atoms with Gasteiger partial charge in [0.15, 0.2) is 5.16 Å². The highest BCUT2D eigenvalue weighted by Gasteiger charge is 2.25. The van der Waals surface area contributed by atoms with Crippen molar-refractivity contribution < 1.29 is 0 Å². The fourth-order valence-electron chi connectivity index (χ4n) is 2.69. The van der Waals surface area contributed by atoms with E-state index in [1.807, 2.05) is 6.92 Å². The summed E-state index contributed by atoms with van der Waals surface area (Å²) in [6.45, 7) is 1.85. The summed E-state index contributed by atoms with van der Waals surface area (Å²) in [7, 11) is 2.05. The lowest BCUT2D eigenvalue weighted by Gasteiger charge is -2.18. The van der Waals surface area contributed by atoms with Gasteiger partial charge in [-0.05, 0) is 39.2 Å². The maximum absolute atomic E-state index is 11.3. The molecule has 2 atom stereocenters. The number of H-pyrrole nitrogens is 1. The predicted molar refractivity (Wildman–Crippen MR) is 75.1 cm³/mol. The third-order valence-electron chi connectivity index (χ3n) is 3.61. The van der Waals surface area contributed by atoms with E-state index in [1.54, 1.807) is 11.8 Å². The molecule has 0 radical (unpaired) electrons. The van der Waals surface area contributed by atoms with Crippen LogP contribution < -0.4 is 10.9 Å². The molecule has 2 N–H and O–H groups in total. The summed E-state index contributed by atoms with van der Waals surface area (Å²) in [5, 5.41) is 4.15. The number of aromatic amines is 1. The summed E-state index contributed by atoms with van der Waals surface area (Å²) < 4.78 is 0. The molecule has 0 amide bonds. The van der Waals surface area contributed by atoms with Crippen LogP contribution in [0.15, 0.2) is 16.0 Å². The van der Waals surface area contributed by atoms with E-state index in [0.717, 1.165) is 22.5 Å². The lowest BCUT2D eigenvalue weighted by molar-refractivity contribution is 0.417. The smallest absolute Gasteiger partial charge is 0.251 e. The SMILES string of the molecule is CNC1CCCC1CCSc1nc(C)cc(=O)[nH]1. The van der Waals surface area contributed by atoms with E-state index in [4.69, 9.17) is 0 Å². The Kier molecular flexibility index (Phi) is 4.83. The Hall–Kier alpha value is -0.810. The third kappa shape index (κ3) is 3.59. The minimum atomic E-state index is -0.0565. The zero-order valence-corrected chi connectivity index (χ0v) is 11.8. The van der Waals surface area contributed by atoms with Gasteiger partial charge >= 0.3 is 0 Å². The van der Waals surface area contributed by atoms with Crippen LogP contribution in [-0.4, -0.2) is 28.8 Å². The molecule has 100 valence electrons. The highest BCUT2D eigenvalue weighted by molar-refractivity contribution is 7.99. The average molecular weight is 267 g/mol. The Bertz CT molecular complexity index is 446. The zero-order valence-electron chi connectivity index (χ0n) is 11.0. The Balaban J connectivity index is 1.83. The summed E-state index contributed by atoms with van der Waals surface area (Å²) in [6, 6.07) is 2.20. The van der Waals surface area contributed by atoms with E-state index < -0.39 is 0 Å². The lowest BCUT2D eigenvalue weighted by Crippen LogP contribution is -2.29. The van der Waals surface area contributed by atoms with Crippen LogP contribution in [0.4, 0.5) is 0 Å². The van der Waals surface area contributed by atoms with Gasteiger partial charge in [-0.15, -0.1) is 0 Å². The number of thioether (sulfide) groups is 1. The van der Waals surface area contributed by atoms with Crippen LogP contribution >= 0.6 is 11.8 Å². The molecule has 1 saturated carbocycles. The quantitative estimate of drug-likeness (QED) is 0.632. The van der Waals surface area contributed by atoms with Gasteiger partial charge in [0.1, 0.15) is 0 Å². The highest BCUT2D eigenvalue weighted by atomic mass is 32.2. The van der Waals surface area contributed by atoms with Crippen LogP contribution in [0.25, 0.3) is 0 Å². The van der Waals surface area contributed by atoms with Crippen molar-refractivity contribution in [2.45, 2.75) is 43.8 Å². The molecule has 0 bridgehead atoms. The largest absolute Gasteiger partial charge is 0.317 e. The number of nitrogens with zero attached hydrogens (tertiary/aromatic N) is 1. The molecular formula is C13H21N3OS. The van der Waals surface area contributed by atoms with Gasteiger partial charge in [-0.3, -0.25) is 4.79 Å². The Labute approximate surface area is 112 Å². The number of aromatic nitrogens is 2. The monoisotopic (exact) mass is 267 g/mol. The number of rotatable bonds is 5. The van der Waals surface area contributed by atoms with E-state index in [0.29, 0.717) is 6.04 Å². The first-order valence-electron chi connectivity index (χ1n) is 6.57. The van der Waals surface area contributed by atoms with Crippen molar-refractivity contribution in [3.63, 3.8) is 0 Å². The summed E-state index contributed by atoms with van der Waals surface area (Å²) in [6.07, 6.45) is 5.14. The molecule has 4 nitrogen and oxygen atoms in total. The molecule has 5 heteroatoms. The molecule has 1 aliphatic carbocycles. The van der Waals surface area contributed by atoms with Gasteiger partial charge in [-0.25, -0.2) is 4.98 Å². The average Bonchev–Trinajstić information content (AvgIpc) is 2.75. The van der Waals surface area contributed by atoms with E-state index >= 15 is 0 Å². The second kappa shape index (κ2) is 6.38. The second-order valence-electron chi connectivity index (χ2n) is 4.92. The normalized spacial score (nSPS) is 23.4. The van der Waals surface area contributed by atoms with Gasteiger partial charge in [-0.1, -0.05) is 18.2 Å². The van der Waals surface area contributed by atoms with Crippen molar-refractivity contribution in [2.24, 2.45) is 5.92 Å². The lowest BCUT2D eigenvalue weighted by atomic mass is 10.0. The molecule has 1 aromatic rings. The maximum Gasteiger partial charge on any atom is 0.251 e.